The molecule has 0 aliphatic rings. The van der Waals surface area contributed by atoms with Gasteiger partial charge in [-0.05, 0) is 12.3 Å². The van der Waals surface area contributed by atoms with Crippen molar-refractivity contribution < 1.29 is 0 Å². The number of thioether (sulfide) groups is 1. The first-order chi connectivity index (χ1) is 5.61. The molecule has 0 aromatic carbocycles. The predicted molar refractivity (Wildman–Crippen MR) is 58.2 cm³/mol. The molecular weight excluding hydrogens is 168 g/mol. The van der Waals surface area contributed by atoms with Gasteiger partial charge in [-0.3, -0.25) is 11.3 Å². The van der Waals surface area contributed by atoms with Crippen molar-refractivity contribution in [1.29, 1.82) is 0 Å². The average molecular weight is 190 g/mol. The molecule has 0 spiro atoms. The van der Waals surface area contributed by atoms with Crippen LogP contribution in [0.15, 0.2) is 0 Å². The van der Waals surface area contributed by atoms with Crippen molar-refractivity contribution >= 4 is 11.8 Å². The van der Waals surface area contributed by atoms with Crippen LogP contribution in [0.4, 0.5) is 0 Å². The van der Waals surface area contributed by atoms with Crippen LogP contribution in [0.25, 0.3) is 0 Å². The molecule has 0 radical (unpaired) electrons. The minimum absolute atomic E-state index is 0.448. The molecular formula is C9H22N2S. The molecule has 0 aliphatic heterocycles. The SMILES string of the molecule is CCC(C)SCC(NN)C(C)C. The van der Waals surface area contributed by atoms with Crippen molar-refractivity contribution in [3.05, 3.63) is 0 Å². The Balaban J connectivity index is 3.58. The van der Waals surface area contributed by atoms with E-state index in [0.717, 1.165) is 11.0 Å². The highest BCUT2D eigenvalue weighted by molar-refractivity contribution is 7.99. The molecule has 0 saturated heterocycles. The maximum atomic E-state index is 5.44. The number of nitrogens with two attached hydrogens (primary N) is 1. The monoisotopic (exact) mass is 190 g/mol. The van der Waals surface area contributed by atoms with Gasteiger partial charge in [-0.1, -0.05) is 27.7 Å². The van der Waals surface area contributed by atoms with E-state index >= 15 is 0 Å². The zero-order chi connectivity index (χ0) is 9.56. The molecule has 0 aromatic rings. The molecule has 0 amide bonds. The first kappa shape index (κ1) is 12.3. The van der Waals surface area contributed by atoms with Crippen LogP contribution in [0, 0.1) is 5.92 Å². The molecule has 3 heteroatoms. The Kier molecular flexibility index (Phi) is 6.90. The van der Waals surface area contributed by atoms with Gasteiger partial charge in [0.2, 0.25) is 0 Å². The quantitative estimate of drug-likeness (QED) is 0.497. The van der Waals surface area contributed by atoms with Gasteiger partial charge in [0.1, 0.15) is 0 Å². The Morgan fingerprint density at radius 1 is 1.33 bits per heavy atom. The van der Waals surface area contributed by atoms with E-state index < -0.39 is 0 Å². The molecule has 0 heterocycles. The van der Waals surface area contributed by atoms with Gasteiger partial charge in [0.25, 0.3) is 0 Å². The van der Waals surface area contributed by atoms with E-state index in [0.29, 0.717) is 12.0 Å². The van der Waals surface area contributed by atoms with Crippen LogP contribution in [0.3, 0.4) is 0 Å². The average Bonchev–Trinajstić information content (AvgIpc) is 2.04. The van der Waals surface area contributed by atoms with Crippen LogP contribution in [0.1, 0.15) is 34.1 Å². The minimum atomic E-state index is 0.448. The van der Waals surface area contributed by atoms with Gasteiger partial charge in [0, 0.05) is 17.0 Å². The number of hydrogen-bond donors (Lipinski definition) is 2. The van der Waals surface area contributed by atoms with Crippen molar-refractivity contribution in [2.75, 3.05) is 5.75 Å². The molecule has 0 aliphatic carbocycles. The predicted octanol–water partition coefficient (Wildman–Crippen LogP) is 2.01. The lowest BCUT2D eigenvalue weighted by Crippen LogP contribution is -2.41. The van der Waals surface area contributed by atoms with Crippen LogP contribution >= 0.6 is 11.8 Å². The lowest BCUT2D eigenvalue weighted by atomic mass is 10.1. The van der Waals surface area contributed by atoms with Gasteiger partial charge < -0.3 is 0 Å². The Morgan fingerprint density at radius 2 is 1.92 bits per heavy atom. The second-order valence-corrected chi connectivity index (χ2v) is 5.04. The van der Waals surface area contributed by atoms with Crippen LogP contribution < -0.4 is 11.3 Å². The van der Waals surface area contributed by atoms with Crippen molar-refractivity contribution in [1.82, 2.24) is 5.43 Å². The Morgan fingerprint density at radius 3 is 2.25 bits per heavy atom. The Bertz CT molecular complexity index is 107. The maximum Gasteiger partial charge on any atom is 0.0324 e. The van der Waals surface area contributed by atoms with E-state index in [1.54, 1.807) is 0 Å². The van der Waals surface area contributed by atoms with E-state index in [2.05, 4.69) is 33.1 Å². The van der Waals surface area contributed by atoms with Gasteiger partial charge in [-0.25, -0.2) is 0 Å². The number of rotatable bonds is 6. The fourth-order valence-corrected chi connectivity index (χ4v) is 2.07. The van der Waals surface area contributed by atoms with E-state index in [9.17, 15) is 0 Å². The van der Waals surface area contributed by atoms with Gasteiger partial charge >= 0.3 is 0 Å². The fourth-order valence-electron chi connectivity index (χ4n) is 0.819. The topological polar surface area (TPSA) is 38.0 Å². The molecule has 2 nitrogen and oxygen atoms in total. The third-order valence-corrected chi connectivity index (χ3v) is 3.61. The summed E-state index contributed by atoms with van der Waals surface area (Å²) in [6.07, 6.45) is 1.24. The molecule has 12 heavy (non-hydrogen) atoms. The van der Waals surface area contributed by atoms with E-state index in [1.165, 1.54) is 6.42 Å². The van der Waals surface area contributed by atoms with Gasteiger partial charge in [-0.2, -0.15) is 11.8 Å². The summed E-state index contributed by atoms with van der Waals surface area (Å²) in [5.74, 6) is 7.17. The smallest absolute Gasteiger partial charge is 0.0324 e. The molecule has 0 aromatic heterocycles. The van der Waals surface area contributed by atoms with Gasteiger partial charge in [0.05, 0.1) is 0 Å². The highest BCUT2D eigenvalue weighted by Gasteiger charge is 2.12. The summed E-state index contributed by atoms with van der Waals surface area (Å²) in [4.78, 5) is 0. The second kappa shape index (κ2) is 6.75. The molecule has 74 valence electrons. The molecule has 0 bridgehead atoms. The molecule has 0 saturated carbocycles. The largest absolute Gasteiger partial charge is 0.271 e. The zero-order valence-electron chi connectivity index (χ0n) is 8.63. The summed E-state index contributed by atoms with van der Waals surface area (Å²) in [6.45, 7) is 8.87. The van der Waals surface area contributed by atoms with Crippen molar-refractivity contribution in [3.8, 4) is 0 Å². The summed E-state index contributed by atoms with van der Waals surface area (Å²) in [6, 6.07) is 0.448. The normalized spacial score (nSPS) is 16.5. The third-order valence-electron chi connectivity index (χ3n) is 2.15. The Labute approximate surface area is 80.6 Å². The van der Waals surface area contributed by atoms with Crippen LogP contribution in [-0.4, -0.2) is 17.0 Å². The van der Waals surface area contributed by atoms with Crippen molar-refractivity contribution in [2.45, 2.75) is 45.4 Å². The molecule has 0 fully saturated rings. The molecule has 0 rings (SSSR count). The number of hydrogen-bond acceptors (Lipinski definition) is 3. The number of hydrazine groups is 1. The summed E-state index contributed by atoms with van der Waals surface area (Å²) >= 11 is 1.99. The standard InChI is InChI=1S/C9H22N2S/c1-5-8(4)12-6-9(11-10)7(2)3/h7-9,11H,5-6,10H2,1-4H3. The van der Waals surface area contributed by atoms with Crippen LogP contribution in [-0.2, 0) is 0 Å². The van der Waals surface area contributed by atoms with Crippen molar-refractivity contribution in [3.63, 3.8) is 0 Å². The lowest BCUT2D eigenvalue weighted by molar-refractivity contribution is 0.443. The lowest BCUT2D eigenvalue weighted by Gasteiger charge is -2.20. The zero-order valence-corrected chi connectivity index (χ0v) is 9.45. The van der Waals surface area contributed by atoms with Gasteiger partial charge in [-0.15, -0.1) is 0 Å². The van der Waals surface area contributed by atoms with E-state index in [4.69, 9.17) is 5.84 Å². The molecule has 2 unspecified atom stereocenters. The second-order valence-electron chi connectivity index (χ2n) is 3.57. The van der Waals surface area contributed by atoms with E-state index in [-0.39, 0.29) is 0 Å². The summed E-state index contributed by atoms with van der Waals surface area (Å²) in [5, 5.41) is 0.750. The van der Waals surface area contributed by atoms with Gasteiger partial charge in [0.15, 0.2) is 0 Å². The molecule has 2 atom stereocenters. The first-order valence-corrected chi connectivity index (χ1v) is 5.74. The first-order valence-electron chi connectivity index (χ1n) is 4.69. The van der Waals surface area contributed by atoms with Crippen LogP contribution in [0.5, 0.6) is 0 Å². The summed E-state index contributed by atoms with van der Waals surface area (Å²) in [5.41, 5.74) is 2.86. The van der Waals surface area contributed by atoms with Crippen molar-refractivity contribution in [2.24, 2.45) is 11.8 Å². The van der Waals surface area contributed by atoms with E-state index in [1.807, 2.05) is 11.8 Å². The third kappa shape index (κ3) is 5.01. The van der Waals surface area contributed by atoms with Crippen LogP contribution in [0.2, 0.25) is 0 Å². The Hall–Kier alpha value is 0.270. The minimum Gasteiger partial charge on any atom is -0.271 e. The highest BCUT2D eigenvalue weighted by atomic mass is 32.2. The maximum absolute atomic E-state index is 5.44. The summed E-state index contributed by atoms with van der Waals surface area (Å²) < 4.78 is 0. The molecule has 3 N–H and O–H groups in total. The summed E-state index contributed by atoms with van der Waals surface area (Å²) in [7, 11) is 0. The number of nitrogens with one attached hydrogen (secondary N) is 1. The fraction of sp³-hybridized carbons (Fsp3) is 1.00. The highest BCUT2D eigenvalue weighted by Crippen LogP contribution is 2.16.